The standard InChI is InChI=1S/C13H20Cl2N2/c1-9(2)5-10(3)17(4)8-11-7-16-13(15)6-12(11)14/h6-7,9-10H,5,8H2,1-4H3. The SMILES string of the molecule is CC(C)CC(C)N(C)Cc1cnc(Cl)cc1Cl. The van der Waals surface area contributed by atoms with Gasteiger partial charge in [0.1, 0.15) is 5.15 Å². The van der Waals surface area contributed by atoms with Crippen LogP contribution >= 0.6 is 23.2 Å². The summed E-state index contributed by atoms with van der Waals surface area (Å²) in [6.07, 6.45) is 2.93. The number of nitrogens with zero attached hydrogens (tertiary/aromatic N) is 2. The number of pyridine rings is 1. The van der Waals surface area contributed by atoms with Crippen molar-refractivity contribution in [2.45, 2.75) is 39.8 Å². The highest BCUT2D eigenvalue weighted by Gasteiger charge is 2.13. The topological polar surface area (TPSA) is 16.1 Å². The van der Waals surface area contributed by atoms with E-state index in [-0.39, 0.29) is 0 Å². The molecule has 0 aromatic carbocycles. The minimum Gasteiger partial charge on any atom is -0.299 e. The zero-order valence-electron chi connectivity index (χ0n) is 10.9. The maximum atomic E-state index is 6.13. The van der Waals surface area contributed by atoms with Crippen molar-refractivity contribution in [1.29, 1.82) is 0 Å². The van der Waals surface area contributed by atoms with Gasteiger partial charge in [-0.1, -0.05) is 37.0 Å². The first kappa shape index (κ1) is 14.7. The molecule has 0 fully saturated rings. The molecule has 4 heteroatoms. The molecule has 17 heavy (non-hydrogen) atoms. The van der Waals surface area contributed by atoms with Gasteiger partial charge < -0.3 is 0 Å². The van der Waals surface area contributed by atoms with Crippen molar-refractivity contribution in [3.05, 3.63) is 28.0 Å². The van der Waals surface area contributed by atoms with Crippen LogP contribution in [-0.2, 0) is 6.54 Å². The quantitative estimate of drug-likeness (QED) is 0.746. The van der Waals surface area contributed by atoms with Crippen LogP contribution in [0.5, 0.6) is 0 Å². The minimum absolute atomic E-state index is 0.441. The summed E-state index contributed by atoms with van der Waals surface area (Å²) in [5.74, 6) is 0.700. The number of rotatable bonds is 5. The van der Waals surface area contributed by atoms with Gasteiger partial charge >= 0.3 is 0 Å². The highest BCUT2D eigenvalue weighted by molar-refractivity contribution is 6.34. The van der Waals surface area contributed by atoms with Crippen molar-refractivity contribution in [2.24, 2.45) is 5.92 Å². The molecule has 0 aliphatic carbocycles. The largest absolute Gasteiger partial charge is 0.299 e. The van der Waals surface area contributed by atoms with E-state index in [2.05, 4.69) is 37.7 Å². The predicted molar refractivity (Wildman–Crippen MR) is 74.6 cm³/mol. The average molecular weight is 275 g/mol. The molecular weight excluding hydrogens is 255 g/mol. The van der Waals surface area contributed by atoms with Gasteiger partial charge in [0.25, 0.3) is 0 Å². The zero-order chi connectivity index (χ0) is 13.0. The Morgan fingerprint density at radius 2 is 1.94 bits per heavy atom. The Morgan fingerprint density at radius 3 is 2.47 bits per heavy atom. The molecule has 1 unspecified atom stereocenters. The molecule has 0 aliphatic rings. The molecule has 0 amide bonds. The van der Waals surface area contributed by atoms with E-state index in [0.29, 0.717) is 22.1 Å². The van der Waals surface area contributed by atoms with Crippen LogP contribution in [0.3, 0.4) is 0 Å². The first-order valence-corrected chi connectivity index (χ1v) is 6.66. The van der Waals surface area contributed by atoms with Crippen LogP contribution in [0.2, 0.25) is 10.2 Å². The monoisotopic (exact) mass is 274 g/mol. The fourth-order valence-corrected chi connectivity index (χ4v) is 2.26. The number of aromatic nitrogens is 1. The van der Waals surface area contributed by atoms with Gasteiger partial charge in [0.2, 0.25) is 0 Å². The van der Waals surface area contributed by atoms with Gasteiger partial charge in [0, 0.05) is 29.4 Å². The smallest absolute Gasteiger partial charge is 0.130 e. The third-order valence-corrected chi connectivity index (χ3v) is 3.44. The van der Waals surface area contributed by atoms with Crippen LogP contribution in [0.4, 0.5) is 0 Å². The lowest BCUT2D eigenvalue weighted by Gasteiger charge is -2.26. The number of halogens is 2. The Kier molecular flexibility index (Phi) is 5.71. The summed E-state index contributed by atoms with van der Waals surface area (Å²) < 4.78 is 0. The number of hydrogen-bond acceptors (Lipinski definition) is 2. The van der Waals surface area contributed by atoms with Crippen molar-refractivity contribution < 1.29 is 0 Å². The lowest BCUT2D eigenvalue weighted by Crippen LogP contribution is -2.29. The van der Waals surface area contributed by atoms with E-state index in [4.69, 9.17) is 23.2 Å². The molecule has 1 aromatic rings. The fourth-order valence-electron chi connectivity index (χ4n) is 1.84. The van der Waals surface area contributed by atoms with Gasteiger partial charge in [0.15, 0.2) is 0 Å². The van der Waals surface area contributed by atoms with Crippen molar-refractivity contribution >= 4 is 23.2 Å². The summed E-state index contributed by atoms with van der Waals surface area (Å²) in [6, 6.07) is 2.22. The molecule has 0 aliphatic heterocycles. The Hall–Kier alpha value is -0.310. The van der Waals surface area contributed by atoms with E-state index in [1.165, 1.54) is 6.42 Å². The highest BCUT2D eigenvalue weighted by Crippen LogP contribution is 2.21. The summed E-state index contributed by atoms with van der Waals surface area (Å²) in [5.41, 5.74) is 1.02. The summed E-state index contributed by atoms with van der Waals surface area (Å²) in [7, 11) is 2.11. The van der Waals surface area contributed by atoms with E-state index in [1.807, 2.05) is 0 Å². The summed E-state index contributed by atoms with van der Waals surface area (Å²) in [6.45, 7) is 7.51. The van der Waals surface area contributed by atoms with Gasteiger partial charge in [0.05, 0.1) is 0 Å². The van der Waals surface area contributed by atoms with Gasteiger partial charge in [-0.3, -0.25) is 4.90 Å². The first-order chi connectivity index (χ1) is 7.90. The van der Waals surface area contributed by atoms with Gasteiger partial charge in [-0.05, 0) is 32.4 Å². The van der Waals surface area contributed by atoms with Crippen LogP contribution in [0, 0.1) is 5.92 Å². The Balaban J connectivity index is 2.64. The number of hydrogen-bond donors (Lipinski definition) is 0. The van der Waals surface area contributed by atoms with Crippen LogP contribution in [0.15, 0.2) is 12.3 Å². The molecule has 1 atom stereocenters. The summed E-state index contributed by atoms with van der Waals surface area (Å²) >= 11 is 11.9. The maximum Gasteiger partial charge on any atom is 0.130 e. The van der Waals surface area contributed by atoms with Crippen molar-refractivity contribution in [1.82, 2.24) is 9.88 Å². The van der Waals surface area contributed by atoms with Crippen molar-refractivity contribution in [3.63, 3.8) is 0 Å². The van der Waals surface area contributed by atoms with Gasteiger partial charge in [-0.25, -0.2) is 4.98 Å². The van der Waals surface area contributed by atoms with E-state index >= 15 is 0 Å². The second-order valence-corrected chi connectivity index (χ2v) is 5.79. The van der Waals surface area contributed by atoms with Gasteiger partial charge in [-0.15, -0.1) is 0 Å². The Bertz CT molecular complexity index is 366. The molecule has 0 radical (unpaired) electrons. The normalized spacial score (nSPS) is 13.4. The Morgan fingerprint density at radius 1 is 1.29 bits per heavy atom. The summed E-state index contributed by atoms with van der Waals surface area (Å²) in [5, 5.41) is 1.13. The molecule has 1 rings (SSSR count). The molecule has 1 heterocycles. The lowest BCUT2D eigenvalue weighted by atomic mass is 10.0. The van der Waals surface area contributed by atoms with Crippen molar-refractivity contribution in [3.8, 4) is 0 Å². The Labute approximate surface area is 114 Å². The van der Waals surface area contributed by atoms with E-state index < -0.39 is 0 Å². The van der Waals surface area contributed by atoms with Crippen LogP contribution < -0.4 is 0 Å². The molecular formula is C13H20Cl2N2. The minimum atomic E-state index is 0.441. The lowest BCUT2D eigenvalue weighted by molar-refractivity contribution is 0.220. The fraction of sp³-hybridized carbons (Fsp3) is 0.615. The van der Waals surface area contributed by atoms with E-state index in [0.717, 1.165) is 12.1 Å². The second kappa shape index (κ2) is 6.58. The molecule has 2 nitrogen and oxygen atoms in total. The van der Waals surface area contributed by atoms with Crippen LogP contribution in [0.25, 0.3) is 0 Å². The first-order valence-electron chi connectivity index (χ1n) is 5.90. The molecule has 0 bridgehead atoms. The molecule has 0 spiro atoms. The molecule has 0 saturated heterocycles. The average Bonchev–Trinajstić information content (AvgIpc) is 2.21. The second-order valence-electron chi connectivity index (χ2n) is 4.99. The predicted octanol–water partition coefficient (Wildman–Crippen LogP) is 4.25. The zero-order valence-corrected chi connectivity index (χ0v) is 12.4. The molecule has 1 aromatic heterocycles. The van der Waals surface area contributed by atoms with Crippen LogP contribution in [-0.4, -0.2) is 23.0 Å². The summed E-state index contributed by atoms with van der Waals surface area (Å²) in [4.78, 5) is 6.36. The molecule has 0 N–H and O–H groups in total. The molecule has 0 saturated carbocycles. The van der Waals surface area contributed by atoms with E-state index in [1.54, 1.807) is 12.3 Å². The molecule has 96 valence electrons. The maximum absolute atomic E-state index is 6.13. The highest BCUT2D eigenvalue weighted by atomic mass is 35.5. The van der Waals surface area contributed by atoms with Gasteiger partial charge in [-0.2, -0.15) is 0 Å². The third-order valence-electron chi connectivity index (χ3n) is 2.88. The van der Waals surface area contributed by atoms with Crippen LogP contribution in [0.1, 0.15) is 32.8 Å². The third kappa shape index (κ3) is 4.82. The van der Waals surface area contributed by atoms with Crippen molar-refractivity contribution in [2.75, 3.05) is 7.05 Å². The van der Waals surface area contributed by atoms with E-state index in [9.17, 15) is 0 Å².